The molecule has 0 bridgehead atoms. The Morgan fingerprint density at radius 3 is 2.58 bits per heavy atom. The summed E-state index contributed by atoms with van der Waals surface area (Å²) in [6, 6.07) is 3.80. The predicted molar refractivity (Wildman–Crippen MR) is 110 cm³/mol. The van der Waals surface area contributed by atoms with Crippen molar-refractivity contribution in [2.75, 3.05) is 24.6 Å². The quantitative estimate of drug-likeness (QED) is 0.776. The van der Waals surface area contributed by atoms with Crippen molar-refractivity contribution in [3.05, 3.63) is 29.3 Å². The molecule has 1 atom stereocenters. The second kappa shape index (κ2) is 8.49. The monoisotopic (exact) mass is 434 g/mol. The number of alkyl halides is 2. The Hall–Kier alpha value is -2.62. The average molecular weight is 434 g/mol. The summed E-state index contributed by atoms with van der Waals surface area (Å²) in [5.74, 6) is -1.09. The zero-order valence-electron chi connectivity index (χ0n) is 17.9. The van der Waals surface area contributed by atoms with Gasteiger partial charge < -0.3 is 15.4 Å². The molecule has 1 saturated carbocycles. The van der Waals surface area contributed by atoms with E-state index in [9.17, 15) is 13.6 Å². The fourth-order valence-electron chi connectivity index (χ4n) is 4.28. The summed E-state index contributed by atoms with van der Waals surface area (Å²) in [6.45, 7) is 5.08. The highest BCUT2D eigenvalue weighted by atomic mass is 19.3. The van der Waals surface area contributed by atoms with Gasteiger partial charge in [-0.3, -0.25) is 4.79 Å². The number of morpholine rings is 1. The number of amides is 1. The van der Waals surface area contributed by atoms with Crippen LogP contribution in [0.1, 0.15) is 42.9 Å². The van der Waals surface area contributed by atoms with Gasteiger partial charge in [0.15, 0.2) is 11.9 Å². The third kappa shape index (κ3) is 5.00. The zero-order valence-corrected chi connectivity index (χ0v) is 17.9. The van der Waals surface area contributed by atoms with E-state index in [1.807, 2.05) is 30.9 Å². The van der Waals surface area contributed by atoms with Crippen LogP contribution in [-0.4, -0.2) is 57.4 Å². The number of anilines is 1. The van der Waals surface area contributed by atoms with Crippen LogP contribution in [0.25, 0.3) is 5.82 Å². The van der Waals surface area contributed by atoms with E-state index in [2.05, 4.69) is 5.10 Å². The highest BCUT2D eigenvalue weighted by Gasteiger charge is 2.35. The van der Waals surface area contributed by atoms with E-state index in [1.165, 1.54) is 0 Å². The molecule has 2 aliphatic rings. The SMILES string of the molecule is Cc1cc(C)n(-c2cc(N3CCOC(C(N)=O)C3)nc(CC3CCC(F)(F)CC3)n2)n1. The lowest BCUT2D eigenvalue weighted by molar-refractivity contribution is -0.130. The molecule has 1 aliphatic carbocycles. The first kappa shape index (κ1) is 21.6. The average Bonchev–Trinajstić information content (AvgIpc) is 3.07. The molecular formula is C21H28F2N6O2. The summed E-state index contributed by atoms with van der Waals surface area (Å²) in [4.78, 5) is 23.0. The van der Waals surface area contributed by atoms with Crippen LogP contribution < -0.4 is 10.6 Å². The summed E-state index contributed by atoms with van der Waals surface area (Å²) in [7, 11) is 0. The lowest BCUT2D eigenvalue weighted by Crippen LogP contribution is -2.48. The third-order valence-corrected chi connectivity index (χ3v) is 5.99. The van der Waals surface area contributed by atoms with Crippen LogP contribution in [0.5, 0.6) is 0 Å². The highest BCUT2D eigenvalue weighted by Crippen LogP contribution is 2.37. The number of nitrogens with two attached hydrogens (primary N) is 1. The van der Waals surface area contributed by atoms with Gasteiger partial charge in [0.2, 0.25) is 11.8 Å². The van der Waals surface area contributed by atoms with Crippen molar-refractivity contribution in [3.63, 3.8) is 0 Å². The van der Waals surface area contributed by atoms with E-state index in [0.717, 1.165) is 11.4 Å². The highest BCUT2D eigenvalue weighted by molar-refractivity contribution is 5.79. The molecule has 1 amide bonds. The number of carbonyl (C=O) groups excluding carboxylic acids is 1. The van der Waals surface area contributed by atoms with Crippen LogP contribution in [0, 0.1) is 19.8 Å². The van der Waals surface area contributed by atoms with Crippen molar-refractivity contribution in [3.8, 4) is 5.82 Å². The first-order valence-corrected chi connectivity index (χ1v) is 10.7. The molecule has 2 aromatic heterocycles. The van der Waals surface area contributed by atoms with Gasteiger partial charge in [-0.1, -0.05) is 0 Å². The number of halogens is 2. The molecule has 1 aliphatic heterocycles. The number of carbonyl (C=O) groups is 1. The number of aromatic nitrogens is 4. The molecule has 2 N–H and O–H groups in total. The first-order valence-electron chi connectivity index (χ1n) is 10.7. The molecule has 168 valence electrons. The van der Waals surface area contributed by atoms with E-state index >= 15 is 0 Å². The molecule has 0 aromatic carbocycles. The van der Waals surface area contributed by atoms with Crippen LogP contribution in [0.15, 0.2) is 12.1 Å². The van der Waals surface area contributed by atoms with Crippen molar-refractivity contribution < 1.29 is 18.3 Å². The molecule has 2 fully saturated rings. The number of hydrogen-bond acceptors (Lipinski definition) is 6. The van der Waals surface area contributed by atoms with Gasteiger partial charge in [-0.25, -0.2) is 23.4 Å². The van der Waals surface area contributed by atoms with Gasteiger partial charge in [-0.05, 0) is 38.7 Å². The first-order chi connectivity index (χ1) is 14.7. The Morgan fingerprint density at radius 2 is 1.94 bits per heavy atom. The van der Waals surface area contributed by atoms with E-state index < -0.39 is 17.9 Å². The summed E-state index contributed by atoms with van der Waals surface area (Å²) in [5.41, 5.74) is 7.23. The van der Waals surface area contributed by atoms with Gasteiger partial charge in [0.1, 0.15) is 11.6 Å². The predicted octanol–water partition coefficient (Wildman–Crippen LogP) is 2.34. The smallest absolute Gasteiger partial charge is 0.248 e. The normalized spacial score (nSPS) is 21.9. The second-order valence-corrected chi connectivity index (χ2v) is 8.55. The lowest BCUT2D eigenvalue weighted by atomic mass is 9.84. The summed E-state index contributed by atoms with van der Waals surface area (Å²) >= 11 is 0. The van der Waals surface area contributed by atoms with Crippen LogP contribution in [-0.2, 0) is 16.0 Å². The van der Waals surface area contributed by atoms with Crippen LogP contribution in [0.2, 0.25) is 0 Å². The molecule has 0 radical (unpaired) electrons. The molecule has 1 saturated heterocycles. The lowest BCUT2D eigenvalue weighted by Gasteiger charge is -2.32. The van der Waals surface area contributed by atoms with Crippen LogP contribution >= 0.6 is 0 Å². The Bertz CT molecular complexity index is 953. The fraction of sp³-hybridized carbons (Fsp3) is 0.619. The summed E-state index contributed by atoms with van der Waals surface area (Å²) < 4.78 is 34.3. The molecule has 1 unspecified atom stereocenters. The fourth-order valence-corrected chi connectivity index (χ4v) is 4.28. The van der Waals surface area contributed by atoms with E-state index in [4.69, 9.17) is 20.4 Å². The van der Waals surface area contributed by atoms with Gasteiger partial charge in [-0.2, -0.15) is 5.10 Å². The Kier molecular flexibility index (Phi) is 5.92. The van der Waals surface area contributed by atoms with Crippen molar-refractivity contribution in [2.24, 2.45) is 11.7 Å². The van der Waals surface area contributed by atoms with Crippen molar-refractivity contribution >= 4 is 11.7 Å². The van der Waals surface area contributed by atoms with Gasteiger partial charge in [0, 0.05) is 37.6 Å². The number of nitrogens with zero attached hydrogens (tertiary/aromatic N) is 5. The molecule has 10 heteroatoms. The Labute approximate surface area is 179 Å². The minimum absolute atomic E-state index is 0.0918. The van der Waals surface area contributed by atoms with E-state index in [-0.39, 0.29) is 18.8 Å². The summed E-state index contributed by atoms with van der Waals surface area (Å²) in [6.07, 6.45) is 0.551. The molecular weight excluding hydrogens is 406 g/mol. The van der Waals surface area contributed by atoms with E-state index in [0.29, 0.717) is 56.4 Å². The number of ether oxygens (including phenoxy) is 1. The van der Waals surface area contributed by atoms with Gasteiger partial charge in [-0.15, -0.1) is 0 Å². The molecule has 8 nitrogen and oxygen atoms in total. The Morgan fingerprint density at radius 1 is 1.23 bits per heavy atom. The Balaban J connectivity index is 1.64. The maximum atomic E-state index is 13.6. The van der Waals surface area contributed by atoms with Crippen molar-refractivity contribution in [1.29, 1.82) is 0 Å². The van der Waals surface area contributed by atoms with Crippen molar-refractivity contribution in [1.82, 2.24) is 19.7 Å². The topological polar surface area (TPSA) is 99.2 Å². The number of hydrogen-bond donors (Lipinski definition) is 1. The van der Waals surface area contributed by atoms with Gasteiger partial charge in [0.05, 0.1) is 18.8 Å². The zero-order chi connectivity index (χ0) is 22.2. The number of rotatable bonds is 5. The van der Waals surface area contributed by atoms with Gasteiger partial charge >= 0.3 is 0 Å². The maximum absolute atomic E-state index is 13.6. The van der Waals surface area contributed by atoms with Crippen LogP contribution in [0.4, 0.5) is 14.6 Å². The standard InChI is InChI=1S/C21H28F2N6O2/c1-13-9-14(2)29(27-13)19-11-18(28-7-8-31-16(12-28)20(24)30)25-17(26-19)10-15-3-5-21(22,23)6-4-15/h9,11,15-16H,3-8,10,12H2,1-2H3,(H2,24,30). The summed E-state index contributed by atoms with van der Waals surface area (Å²) in [5, 5.41) is 4.53. The number of primary amides is 1. The molecule has 31 heavy (non-hydrogen) atoms. The van der Waals surface area contributed by atoms with Crippen LogP contribution in [0.3, 0.4) is 0 Å². The van der Waals surface area contributed by atoms with Gasteiger partial charge in [0.25, 0.3) is 0 Å². The number of aryl methyl sites for hydroxylation is 2. The minimum Gasteiger partial charge on any atom is -0.367 e. The second-order valence-electron chi connectivity index (χ2n) is 8.55. The molecule has 3 heterocycles. The molecule has 4 rings (SSSR count). The molecule has 0 spiro atoms. The maximum Gasteiger partial charge on any atom is 0.248 e. The van der Waals surface area contributed by atoms with Crippen molar-refractivity contribution in [2.45, 2.75) is 58.0 Å². The molecule has 2 aromatic rings. The largest absolute Gasteiger partial charge is 0.367 e. The van der Waals surface area contributed by atoms with E-state index in [1.54, 1.807) is 4.68 Å². The third-order valence-electron chi connectivity index (χ3n) is 5.99. The minimum atomic E-state index is -2.56.